The molecule has 0 atom stereocenters. The van der Waals surface area contributed by atoms with E-state index in [0.717, 1.165) is 48.5 Å². The lowest BCUT2D eigenvalue weighted by atomic mass is 9.79. The number of rotatable bonds is 8. The second kappa shape index (κ2) is 16.5. The molecule has 0 aliphatic heterocycles. The Kier molecular flexibility index (Phi) is 10.6. The molecule has 8 heteroatoms. The van der Waals surface area contributed by atoms with E-state index in [9.17, 15) is 0 Å². The Morgan fingerprint density at radius 3 is 0.500 bits per heavy atom. The summed E-state index contributed by atoms with van der Waals surface area (Å²) in [6.07, 6.45) is 0. The van der Waals surface area contributed by atoms with E-state index in [1.54, 1.807) is 84.9 Å². The highest BCUT2D eigenvalue weighted by Gasteiger charge is 2.27. The quantitative estimate of drug-likeness (QED) is 0.134. The van der Waals surface area contributed by atoms with Crippen molar-refractivity contribution in [3.05, 3.63) is 229 Å². The molecule has 302 valence electrons. The average molecular weight is 831 g/mol. The van der Waals surface area contributed by atoms with Gasteiger partial charge >= 0.3 is 0 Å². The Labute approximate surface area is 351 Å². The van der Waals surface area contributed by atoms with Crippen LogP contribution in [0.3, 0.4) is 0 Å². The molecule has 0 radical (unpaired) electrons. The number of hydrogen-bond donors (Lipinski definition) is 0. The molecule has 62 heavy (non-hydrogen) atoms. The predicted molar refractivity (Wildman–Crippen MR) is 230 cm³/mol. The molecule has 0 unspecified atom stereocenters. The molecule has 0 spiro atoms. The van der Waals surface area contributed by atoms with Gasteiger partial charge in [-0.15, -0.1) is 0 Å². The van der Waals surface area contributed by atoms with E-state index >= 15 is 35.1 Å². The molecule has 0 bridgehead atoms. The van der Waals surface area contributed by atoms with Crippen LogP contribution >= 0.6 is 0 Å². The third-order valence-electron chi connectivity index (χ3n) is 11.0. The lowest BCUT2D eigenvalue weighted by Gasteiger charge is -2.24. The third-order valence-corrected chi connectivity index (χ3v) is 11.0. The zero-order chi connectivity index (χ0) is 43.1. The highest BCUT2D eigenvalue weighted by molar-refractivity contribution is 6.04. The van der Waals surface area contributed by atoms with Crippen molar-refractivity contribution in [3.63, 3.8) is 0 Å². The highest BCUT2D eigenvalue weighted by Crippen LogP contribution is 2.50. The van der Waals surface area contributed by atoms with Crippen LogP contribution < -0.4 is 0 Å². The van der Waals surface area contributed by atoms with Crippen molar-refractivity contribution in [2.24, 2.45) is 0 Å². The van der Waals surface area contributed by atoms with Crippen LogP contribution in [0.4, 0.5) is 35.1 Å². The molecule has 0 fully saturated rings. The van der Waals surface area contributed by atoms with Gasteiger partial charge < -0.3 is 0 Å². The summed E-state index contributed by atoms with van der Waals surface area (Å²) in [7, 11) is 0. The number of halogens is 8. The maximum Gasteiger partial charge on any atom is 0.133 e. The largest absolute Gasteiger partial charge is 0.206 e. The van der Waals surface area contributed by atoms with E-state index in [-0.39, 0.29) is 66.8 Å². The second-order valence-corrected chi connectivity index (χ2v) is 14.5. The summed E-state index contributed by atoms with van der Waals surface area (Å²) in [5, 5.41) is 0. The van der Waals surface area contributed by atoms with Crippen LogP contribution in [-0.4, -0.2) is 0 Å². The Hall–Kier alpha value is -7.58. The molecule has 0 aliphatic carbocycles. The predicted octanol–water partition coefficient (Wildman–Crippen LogP) is 16.1. The van der Waals surface area contributed by atoms with Crippen molar-refractivity contribution < 1.29 is 35.1 Å². The fraction of sp³-hybridized carbons (Fsp3) is 0. The molecule has 0 aliphatic rings. The maximum absolute atomic E-state index is 15.8. The van der Waals surface area contributed by atoms with Crippen LogP contribution in [-0.2, 0) is 0 Å². The zero-order valence-corrected chi connectivity index (χ0v) is 32.3. The van der Waals surface area contributed by atoms with Gasteiger partial charge in [-0.1, -0.05) is 121 Å². The van der Waals surface area contributed by atoms with Gasteiger partial charge in [0.05, 0.1) is 22.3 Å². The zero-order valence-electron chi connectivity index (χ0n) is 32.3. The normalized spacial score (nSPS) is 11.2. The van der Waals surface area contributed by atoms with Crippen molar-refractivity contribution >= 4 is 0 Å². The number of benzene rings is 9. The van der Waals surface area contributed by atoms with E-state index in [1.807, 2.05) is 0 Å². The van der Waals surface area contributed by atoms with E-state index in [0.29, 0.717) is 22.3 Å². The van der Waals surface area contributed by atoms with Gasteiger partial charge in [0, 0.05) is 0 Å². The first-order valence-corrected chi connectivity index (χ1v) is 19.5. The van der Waals surface area contributed by atoms with Crippen LogP contribution in [0, 0.1) is 46.5 Å². The van der Waals surface area contributed by atoms with Gasteiger partial charge in [0.1, 0.15) is 46.5 Å². The summed E-state index contributed by atoms with van der Waals surface area (Å²) in [6.45, 7) is 0. The SMILES string of the molecule is Fc1cccc(F)c1-c1ccccc1-c1cc(-c2ccccc2-c2c(F)cccc2F)c(-c2ccccc2-c2c(F)cccc2F)cc1-c1ccccc1-c1c(F)cccc1F. The second-order valence-electron chi connectivity index (χ2n) is 14.5. The molecule has 0 saturated carbocycles. The molecule has 9 rings (SSSR count). The summed E-state index contributed by atoms with van der Waals surface area (Å²) in [5.74, 6) is -6.85. The van der Waals surface area contributed by atoms with Gasteiger partial charge in [-0.25, -0.2) is 35.1 Å². The van der Waals surface area contributed by atoms with Gasteiger partial charge in [-0.3, -0.25) is 0 Å². The van der Waals surface area contributed by atoms with Crippen LogP contribution in [0.2, 0.25) is 0 Å². The van der Waals surface area contributed by atoms with Gasteiger partial charge in [0.15, 0.2) is 0 Å². The van der Waals surface area contributed by atoms with Crippen LogP contribution in [0.15, 0.2) is 182 Å². The Bertz CT molecular complexity index is 2680. The minimum Gasteiger partial charge on any atom is -0.206 e. The fourth-order valence-electron chi connectivity index (χ4n) is 8.26. The van der Waals surface area contributed by atoms with Crippen molar-refractivity contribution in [2.45, 2.75) is 0 Å². The molecule has 9 aromatic carbocycles. The summed E-state index contributed by atoms with van der Waals surface area (Å²) < 4.78 is 126. The number of hydrogen-bond acceptors (Lipinski definition) is 0. The standard InChI is InChI=1S/C54H30F8/c55-43-21-9-22-44(56)51(43)35-17-5-1-13-31(35)39-29-41(33-15-3-7-19-37(33)53-47(59)25-11-26-48(53)60)42(34-16-4-8-20-38(34)54-49(61)27-12-28-50(54)62)30-40(39)32-14-2-6-18-36(32)52-45(57)23-10-24-46(52)58/h1-30H. The van der Waals surface area contributed by atoms with Crippen molar-refractivity contribution in [2.75, 3.05) is 0 Å². The molecule has 0 heterocycles. The lowest BCUT2D eigenvalue weighted by Crippen LogP contribution is -2.00. The third kappa shape index (κ3) is 7.03. The smallest absolute Gasteiger partial charge is 0.133 e. The minimum absolute atomic E-state index is 0.125. The van der Waals surface area contributed by atoms with E-state index in [4.69, 9.17) is 0 Å². The first kappa shape index (κ1) is 39.9. The van der Waals surface area contributed by atoms with Crippen LogP contribution in [0.1, 0.15) is 0 Å². The van der Waals surface area contributed by atoms with Crippen LogP contribution in [0.5, 0.6) is 0 Å². The topological polar surface area (TPSA) is 0 Å². The van der Waals surface area contributed by atoms with Crippen molar-refractivity contribution in [1.29, 1.82) is 0 Å². The highest BCUT2D eigenvalue weighted by atomic mass is 19.2. The van der Waals surface area contributed by atoms with E-state index in [2.05, 4.69) is 0 Å². The Morgan fingerprint density at radius 1 is 0.161 bits per heavy atom. The average Bonchev–Trinajstić information content (AvgIpc) is 3.27. The minimum atomic E-state index is -0.856. The summed E-state index contributed by atoms with van der Waals surface area (Å²) in [5.41, 5.74) is 1.44. The molecule has 0 nitrogen and oxygen atoms in total. The van der Waals surface area contributed by atoms with Gasteiger partial charge in [0.25, 0.3) is 0 Å². The first-order valence-electron chi connectivity index (χ1n) is 19.5. The fourth-order valence-corrected chi connectivity index (χ4v) is 8.26. The lowest BCUT2D eigenvalue weighted by molar-refractivity contribution is 0.589. The molecule has 0 N–H and O–H groups in total. The Morgan fingerprint density at radius 2 is 0.323 bits per heavy atom. The summed E-state index contributed by atoms with van der Waals surface area (Å²) >= 11 is 0. The summed E-state index contributed by atoms with van der Waals surface area (Å²) in [4.78, 5) is 0. The van der Waals surface area contributed by atoms with Crippen LogP contribution in [0.25, 0.3) is 89.0 Å². The molecule has 9 aromatic rings. The van der Waals surface area contributed by atoms with Crippen molar-refractivity contribution in [3.8, 4) is 89.0 Å². The molecule has 0 saturated heterocycles. The van der Waals surface area contributed by atoms with Gasteiger partial charge in [-0.05, 0) is 127 Å². The molecule has 0 aromatic heterocycles. The molecular weight excluding hydrogens is 801 g/mol. The van der Waals surface area contributed by atoms with E-state index in [1.165, 1.54) is 48.5 Å². The van der Waals surface area contributed by atoms with Crippen molar-refractivity contribution in [1.82, 2.24) is 0 Å². The van der Waals surface area contributed by atoms with Gasteiger partial charge in [-0.2, -0.15) is 0 Å². The molecule has 0 amide bonds. The summed E-state index contributed by atoms with van der Waals surface area (Å²) in [6, 6.07) is 43.1. The molecular formula is C54H30F8. The first-order chi connectivity index (χ1) is 30.1. The maximum atomic E-state index is 15.8. The van der Waals surface area contributed by atoms with Gasteiger partial charge in [0.2, 0.25) is 0 Å². The van der Waals surface area contributed by atoms with E-state index < -0.39 is 46.5 Å². The monoisotopic (exact) mass is 830 g/mol. The Balaban J connectivity index is 1.48.